The van der Waals surface area contributed by atoms with Gasteiger partial charge in [-0.2, -0.15) is 0 Å². The van der Waals surface area contributed by atoms with Crippen LogP contribution in [0.15, 0.2) is 0 Å². The number of halogens is 1. The molecule has 0 aromatic heterocycles. The Morgan fingerprint density at radius 1 is 0.760 bits per heavy atom. The van der Waals surface area contributed by atoms with E-state index in [4.69, 9.17) is 13.6 Å². The maximum atomic E-state index is 6.02. The lowest BCUT2D eigenvalue weighted by Crippen LogP contribution is -2.39. The van der Waals surface area contributed by atoms with Gasteiger partial charge in [0.15, 0.2) is 0 Å². The average molecular weight is 440 g/mol. The van der Waals surface area contributed by atoms with Crippen LogP contribution in [0.4, 0.5) is 0 Å². The molecule has 1 atom stereocenters. The molecular weight excluding hydrogens is 396 g/mol. The van der Waals surface area contributed by atoms with Crippen LogP contribution >= 0.6 is 15.9 Å². The predicted molar refractivity (Wildman–Crippen MR) is 115 cm³/mol. The molecule has 0 saturated carbocycles. The van der Waals surface area contributed by atoms with Gasteiger partial charge in [-0.3, -0.25) is 0 Å². The van der Waals surface area contributed by atoms with Crippen LogP contribution in [0.1, 0.15) is 90.9 Å². The summed E-state index contributed by atoms with van der Waals surface area (Å²) in [6.07, 6.45) is 15.3. The molecule has 0 amide bonds. The van der Waals surface area contributed by atoms with Crippen LogP contribution in [0.25, 0.3) is 0 Å². The summed E-state index contributed by atoms with van der Waals surface area (Å²) < 4.78 is 17.8. The van der Waals surface area contributed by atoms with E-state index in [-0.39, 0.29) is 6.29 Å². The summed E-state index contributed by atoms with van der Waals surface area (Å²) in [5.41, 5.74) is 0. The second-order valence-corrected chi connectivity index (χ2v) is 11.5. The number of hydrogen-bond acceptors (Lipinski definition) is 3. The first-order valence-electron chi connectivity index (χ1n) is 10.5. The molecule has 0 saturated heterocycles. The third-order valence-electron chi connectivity index (χ3n) is 4.28. The van der Waals surface area contributed by atoms with Crippen LogP contribution in [0, 0.1) is 0 Å². The largest absolute Gasteiger partial charge is 0.394 e. The molecule has 0 aliphatic rings. The van der Waals surface area contributed by atoms with Crippen LogP contribution in [0.5, 0.6) is 0 Å². The third kappa shape index (κ3) is 19.1. The Hall–Kier alpha value is 0.577. The second-order valence-electron chi connectivity index (χ2n) is 7.38. The van der Waals surface area contributed by atoms with Gasteiger partial charge in [0.05, 0.1) is 0 Å². The van der Waals surface area contributed by atoms with Crippen molar-refractivity contribution in [3.05, 3.63) is 0 Å². The van der Waals surface area contributed by atoms with Crippen molar-refractivity contribution in [1.82, 2.24) is 0 Å². The van der Waals surface area contributed by atoms with Crippen molar-refractivity contribution >= 4 is 24.5 Å². The number of ether oxygens (including phenoxy) is 1. The third-order valence-corrected chi connectivity index (χ3v) is 6.64. The molecule has 0 N–H and O–H groups in total. The summed E-state index contributed by atoms with van der Waals surface area (Å²) in [6.45, 7) is 10.1. The maximum Gasteiger partial charge on any atom is 0.333 e. The van der Waals surface area contributed by atoms with Gasteiger partial charge in [0.2, 0.25) is 0 Å². The van der Waals surface area contributed by atoms with Gasteiger partial charge < -0.3 is 13.6 Å². The van der Waals surface area contributed by atoms with Crippen LogP contribution < -0.4 is 0 Å². The van der Waals surface area contributed by atoms with Gasteiger partial charge >= 0.3 is 8.56 Å². The highest BCUT2D eigenvalue weighted by Gasteiger charge is 2.27. The molecule has 0 aromatic carbocycles. The number of alkyl halides is 1. The van der Waals surface area contributed by atoms with Gasteiger partial charge in [-0.25, -0.2) is 0 Å². The maximum absolute atomic E-state index is 6.02. The van der Waals surface area contributed by atoms with E-state index < -0.39 is 8.56 Å². The summed E-state index contributed by atoms with van der Waals surface area (Å²) >= 11 is 3.47. The Kier molecular flexibility index (Phi) is 18.4. The Bertz CT molecular complexity index is 278. The van der Waals surface area contributed by atoms with E-state index in [9.17, 15) is 0 Å². The first-order chi connectivity index (χ1) is 12.0. The van der Waals surface area contributed by atoms with Crippen molar-refractivity contribution in [3.8, 4) is 0 Å². The molecule has 0 spiro atoms. The first-order valence-corrected chi connectivity index (χ1v) is 14.4. The molecule has 0 aromatic rings. The van der Waals surface area contributed by atoms with Gasteiger partial charge in [-0.15, -0.1) is 0 Å². The fraction of sp³-hybridized carbons (Fsp3) is 1.00. The van der Waals surface area contributed by atoms with Gasteiger partial charge in [0.1, 0.15) is 6.29 Å². The zero-order valence-corrected chi connectivity index (χ0v) is 19.9. The van der Waals surface area contributed by atoms with Crippen molar-refractivity contribution in [2.45, 2.75) is 110 Å². The molecule has 0 rings (SSSR count). The fourth-order valence-corrected chi connectivity index (χ4v) is 4.79. The highest BCUT2D eigenvalue weighted by Crippen LogP contribution is 2.13. The Morgan fingerprint density at radius 3 is 1.88 bits per heavy atom. The van der Waals surface area contributed by atoms with Crippen LogP contribution in [-0.2, 0) is 13.6 Å². The number of hydrogen-bond donors (Lipinski definition) is 0. The van der Waals surface area contributed by atoms with E-state index in [1.54, 1.807) is 0 Å². The van der Waals surface area contributed by atoms with Crippen LogP contribution in [0.2, 0.25) is 13.1 Å². The fourth-order valence-electron chi connectivity index (χ4n) is 2.82. The van der Waals surface area contributed by atoms with Gasteiger partial charge in [-0.1, -0.05) is 80.6 Å². The molecule has 0 aliphatic carbocycles. The SMILES string of the molecule is CCCCCCCCCCOC(C)O[Si](C)(C)OCCCCCCBr. The predicted octanol–water partition coefficient (Wildman–Crippen LogP) is 7.18. The lowest BCUT2D eigenvalue weighted by atomic mass is 10.1. The normalized spacial score (nSPS) is 13.3. The minimum Gasteiger partial charge on any atom is -0.394 e. The average Bonchev–Trinajstić information content (AvgIpc) is 2.56. The van der Waals surface area contributed by atoms with E-state index in [1.807, 2.05) is 6.92 Å². The zero-order chi connectivity index (χ0) is 18.8. The lowest BCUT2D eigenvalue weighted by Gasteiger charge is -2.27. The first kappa shape index (κ1) is 25.6. The van der Waals surface area contributed by atoms with Crippen molar-refractivity contribution in [2.24, 2.45) is 0 Å². The lowest BCUT2D eigenvalue weighted by molar-refractivity contribution is -0.0864. The highest BCUT2D eigenvalue weighted by atomic mass is 79.9. The smallest absolute Gasteiger partial charge is 0.333 e. The summed E-state index contributed by atoms with van der Waals surface area (Å²) in [7, 11) is -2.06. The molecule has 0 heterocycles. The van der Waals surface area contributed by atoms with Gasteiger partial charge in [0, 0.05) is 18.5 Å². The zero-order valence-electron chi connectivity index (χ0n) is 17.3. The minimum absolute atomic E-state index is 0.153. The Labute approximate surface area is 167 Å². The summed E-state index contributed by atoms with van der Waals surface area (Å²) in [4.78, 5) is 0. The van der Waals surface area contributed by atoms with Crippen molar-refractivity contribution in [3.63, 3.8) is 0 Å². The van der Waals surface area contributed by atoms with E-state index in [2.05, 4.69) is 35.9 Å². The molecule has 25 heavy (non-hydrogen) atoms. The standard InChI is InChI=1S/C20H43BrO3Si/c1-5-6-7-8-9-10-12-15-18-22-20(2)24-25(3,4)23-19-16-13-11-14-17-21/h20H,5-19H2,1-4H3. The molecule has 0 fully saturated rings. The quantitative estimate of drug-likeness (QED) is 0.0923. The summed E-state index contributed by atoms with van der Waals surface area (Å²) in [6, 6.07) is 0. The van der Waals surface area contributed by atoms with Gasteiger partial charge in [0.25, 0.3) is 0 Å². The van der Waals surface area contributed by atoms with Crippen molar-refractivity contribution in [2.75, 3.05) is 18.5 Å². The van der Waals surface area contributed by atoms with E-state index >= 15 is 0 Å². The van der Waals surface area contributed by atoms with E-state index in [0.29, 0.717) is 0 Å². The Balaban J connectivity index is 3.51. The topological polar surface area (TPSA) is 27.7 Å². The Morgan fingerprint density at radius 2 is 1.28 bits per heavy atom. The van der Waals surface area contributed by atoms with Crippen LogP contribution in [-0.4, -0.2) is 33.4 Å². The molecular formula is C20H43BrO3Si. The van der Waals surface area contributed by atoms with Crippen molar-refractivity contribution < 1.29 is 13.6 Å². The van der Waals surface area contributed by atoms with E-state index in [1.165, 1.54) is 64.2 Å². The molecule has 0 radical (unpaired) electrons. The molecule has 0 aliphatic heterocycles. The van der Waals surface area contributed by atoms with Crippen LogP contribution in [0.3, 0.4) is 0 Å². The molecule has 1 unspecified atom stereocenters. The number of unbranched alkanes of at least 4 members (excludes halogenated alkanes) is 10. The summed E-state index contributed by atoms with van der Waals surface area (Å²) in [5, 5.41) is 1.10. The highest BCUT2D eigenvalue weighted by molar-refractivity contribution is 9.09. The second kappa shape index (κ2) is 18.0. The monoisotopic (exact) mass is 438 g/mol. The van der Waals surface area contributed by atoms with E-state index in [0.717, 1.165) is 31.4 Å². The molecule has 0 bridgehead atoms. The minimum atomic E-state index is -2.06. The van der Waals surface area contributed by atoms with Crippen molar-refractivity contribution in [1.29, 1.82) is 0 Å². The van der Waals surface area contributed by atoms with Gasteiger partial charge in [-0.05, 0) is 39.3 Å². The summed E-state index contributed by atoms with van der Waals surface area (Å²) in [5.74, 6) is 0. The number of rotatable bonds is 19. The molecule has 5 heteroatoms. The molecule has 152 valence electrons. The molecule has 3 nitrogen and oxygen atoms in total.